The molecule has 0 saturated heterocycles. The Kier molecular flexibility index (Phi) is 3.12. The lowest BCUT2D eigenvalue weighted by molar-refractivity contribution is 0.601. The van der Waals surface area contributed by atoms with Crippen LogP contribution in [0.4, 0.5) is 4.39 Å². The number of rotatable bonds is 1. The maximum Gasteiger partial charge on any atom is 0.136 e. The molecule has 0 aliphatic heterocycles. The topological polar surface area (TPSA) is 0 Å². The zero-order valence-corrected chi connectivity index (χ0v) is 10.1. The molecule has 68 valence electrons. The summed E-state index contributed by atoms with van der Waals surface area (Å²) < 4.78 is 14.1. The lowest BCUT2D eigenvalue weighted by Crippen LogP contribution is -1.91. The molecule has 0 aliphatic rings. The lowest BCUT2D eigenvalue weighted by Gasteiger charge is -2.24. The molecule has 0 bridgehead atoms. The Labute approximate surface area is 86.8 Å². The number of halogens is 2. The van der Waals surface area contributed by atoms with Crippen LogP contribution in [-0.4, -0.2) is 12.5 Å². The summed E-state index contributed by atoms with van der Waals surface area (Å²) in [5, 5.41) is 0. The van der Waals surface area contributed by atoms with Crippen LogP contribution in [-0.2, 0) is 0 Å². The standard InChI is InChI=1S/C8H10BrFS2/c1-12(2,11)8-5-6(9)3-4-7(8)10/h3-5,11H,1-2H3. The van der Waals surface area contributed by atoms with E-state index in [4.69, 9.17) is 0 Å². The molecular weight excluding hydrogens is 259 g/mol. The van der Waals surface area contributed by atoms with Gasteiger partial charge in [0.2, 0.25) is 0 Å². The predicted octanol–water partition coefficient (Wildman–Crippen LogP) is 3.86. The Morgan fingerprint density at radius 1 is 1.42 bits per heavy atom. The lowest BCUT2D eigenvalue weighted by atomic mass is 10.3. The van der Waals surface area contributed by atoms with Crippen LogP contribution in [0, 0.1) is 5.82 Å². The van der Waals surface area contributed by atoms with Gasteiger partial charge in [0.05, 0.1) is 0 Å². The average molecular weight is 269 g/mol. The van der Waals surface area contributed by atoms with Gasteiger partial charge in [0.25, 0.3) is 0 Å². The Morgan fingerprint density at radius 3 is 2.42 bits per heavy atom. The molecule has 1 aromatic carbocycles. The summed E-state index contributed by atoms with van der Waals surface area (Å²) >= 11 is 7.69. The van der Waals surface area contributed by atoms with Gasteiger partial charge in [-0.3, -0.25) is 0 Å². The molecule has 0 aliphatic carbocycles. The molecule has 0 aromatic heterocycles. The first-order valence-corrected chi connectivity index (χ1v) is 7.61. The summed E-state index contributed by atoms with van der Waals surface area (Å²) in [6, 6.07) is 4.94. The molecular formula is C8H10BrFS2. The largest absolute Gasteiger partial charge is 0.206 e. The van der Waals surface area contributed by atoms with Crippen molar-refractivity contribution in [2.24, 2.45) is 0 Å². The zero-order valence-electron chi connectivity index (χ0n) is 6.84. The van der Waals surface area contributed by atoms with E-state index in [0.717, 1.165) is 4.47 Å². The van der Waals surface area contributed by atoms with Crippen LogP contribution in [0.5, 0.6) is 0 Å². The third kappa shape index (κ3) is 2.41. The third-order valence-electron chi connectivity index (χ3n) is 1.43. The van der Waals surface area contributed by atoms with E-state index in [-0.39, 0.29) is 5.82 Å². The molecule has 0 unspecified atom stereocenters. The van der Waals surface area contributed by atoms with Crippen molar-refractivity contribution >= 4 is 36.7 Å². The van der Waals surface area contributed by atoms with Crippen molar-refractivity contribution in [2.75, 3.05) is 12.5 Å². The first-order chi connectivity index (χ1) is 5.41. The number of hydrogen-bond acceptors (Lipinski definition) is 1. The molecule has 0 N–H and O–H groups in total. The third-order valence-corrected chi connectivity index (χ3v) is 3.90. The Balaban J connectivity index is 3.23. The van der Waals surface area contributed by atoms with Gasteiger partial charge in [0.15, 0.2) is 0 Å². The van der Waals surface area contributed by atoms with Crippen molar-refractivity contribution in [3.63, 3.8) is 0 Å². The fourth-order valence-corrected chi connectivity index (χ4v) is 2.75. The van der Waals surface area contributed by atoms with Crippen molar-refractivity contribution in [1.29, 1.82) is 0 Å². The molecule has 1 aromatic rings. The van der Waals surface area contributed by atoms with Gasteiger partial charge >= 0.3 is 0 Å². The average Bonchev–Trinajstić information content (AvgIpc) is 1.92. The summed E-state index contributed by atoms with van der Waals surface area (Å²) in [4.78, 5) is 0.695. The van der Waals surface area contributed by atoms with Gasteiger partial charge in [0, 0.05) is 9.37 Å². The summed E-state index contributed by atoms with van der Waals surface area (Å²) in [7, 11) is -1.27. The van der Waals surface area contributed by atoms with E-state index in [9.17, 15) is 4.39 Å². The second-order valence-electron chi connectivity index (χ2n) is 2.85. The summed E-state index contributed by atoms with van der Waals surface area (Å²) in [5.74, 6) is -0.173. The summed E-state index contributed by atoms with van der Waals surface area (Å²) in [5.41, 5.74) is 0. The Hall–Kier alpha value is 0.330. The van der Waals surface area contributed by atoms with Crippen molar-refractivity contribution in [1.82, 2.24) is 0 Å². The van der Waals surface area contributed by atoms with Crippen LogP contribution >= 0.6 is 36.7 Å². The van der Waals surface area contributed by atoms with Gasteiger partial charge in [0.1, 0.15) is 5.82 Å². The van der Waals surface area contributed by atoms with E-state index in [1.807, 2.05) is 12.5 Å². The normalized spacial score (nSPS) is 13.1. The zero-order chi connectivity index (χ0) is 9.35. The summed E-state index contributed by atoms with van der Waals surface area (Å²) in [6.45, 7) is 0. The molecule has 0 heterocycles. The number of benzene rings is 1. The fraction of sp³-hybridized carbons (Fsp3) is 0.250. The van der Waals surface area contributed by atoms with Crippen molar-refractivity contribution in [2.45, 2.75) is 4.90 Å². The molecule has 1 rings (SSSR count). The molecule has 0 atom stereocenters. The van der Waals surface area contributed by atoms with Gasteiger partial charge in [-0.25, -0.2) is 4.39 Å². The first-order valence-electron chi connectivity index (χ1n) is 3.32. The molecule has 4 heteroatoms. The molecule has 0 nitrogen and oxygen atoms in total. The van der Waals surface area contributed by atoms with Gasteiger partial charge in [-0.05, 0) is 30.7 Å². The molecule has 12 heavy (non-hydrogen) atoms. The van der Waals surface area contributed by atoms with Crippen LogP contribution < -0.4 is 0 Å². The van der Waals surface area contributed by atoms with Gasteiger partial charge in [-0.15, -0.1) is 11.7 Å². The second kappa shape index (κ2) is 3.60. The van der Waals surface area contributed by atoms with Crippen LogP contribution in [0.15, 0.2) is 27.6 Å². The number of thiol groups is 1. The van der Waals surface area contributed by atoms with E-state index in [1.54, 1.807) is 12.1 Å². The smallest absolute Gasteiger partial charge is 0.136 e. The predicted molar refractivity (Wildman–Crippen MR) is 60.8 cm³/mol. The Bertz CT molecular complexity index is 294. The van der Waals surface area contributed by atoms with Gasteiger partial charge in [-0.1, -0.05) is 15.9 Å². The monoisotopic (exact) mass is 268 g/mol. The molecule has 0 fully saturated rings. The van der Waals surface area contributed by atoms with Crippen LogP contribution in [0.3, 0.4) is 0 Å². The number of hydrogen-bond donors (Lipinski definition) is 1. The van der Waals surface area contributed by atoms with Gasteiger partial charge in [-0.2, -0.15) is 9.06 Å². The molecule has 0 amide bonds. The van der Waals surface area contributed by atoms with Crippen molar-refractivity contribution in [3.05, 3.63) is 28.5 Å². The molecule has 0 radical (unpaired) electrons. The summed E-state index contributed by atoms with van der Waals surface area (Å²) in [6.07, 6.45) is 3.89. The van der Waals surface area contributed by atoms with Crippen molar-refractivity contribution < 1.29 is 4.39 Å². The minimum absolute atomic E-state index is 0.173. The van der Waals surface area contributed by atoms with Crippen LogP contribution in [0.25, 0.3) is 0 Å². The van der Waals surface area contributed by atoms with Crippen LogP contribution in [0.2, 0.25) is 0 Å². The maximum absolute atomic E-state index is 13.2. The highest BCUT2D eigenvalue weighted by molar-refractivity contribution is 9.10. The van der Waals surface area contributed by atoms with Gasteiger partial charge < -0.3 is 0 Å². The van der Waals surface area contributed by atoms with Crippen molar-refractivity contribution in [3.8, 4) is 0 Å². The molecule has 0 saturated carbocycles. The second-order valence-corrected chi connectivity index (χ2v) is 9.49. The van der Waals surface area contributed by atoms with E-state index >= 15 is 0 Å². The quantitative estimate of drug-likeness (QED) is 0.581. The van der Waals surface area contributed by atoms with E-state index < -0.39 is 9.06 Å². The minimum Gasteiger partial charge on any atom is -0.206 e. The Morgan fingerprint density at radius 2 is 2.00 bits per heavy atom. The molecule has 0 spiro atoms. The maximum atomic E-state index is 13.2. The van der Waals surface area contributed by atoms with Crippen LogP contribution in [0.1, 0.15) is 0 Å². The minimum atomic E-state index is -1.27. The highest BCUT2D eigenvalue weighted by Gasteiger charge is 2.14. The van der Waals surface area contributed by atoms with E-state index in [1.165, 1.54) is 6.07 Å². The van der Waals surface area contributed by atoms with E-state index in [2.05, 4.69) is 27.6 Å². The highest BCUT2D eigenvalue weighted by Crippen LogP contribution is 2.54. The first kappa shape index (κ1) is 10.4. The fourth-order valence-electron chi connectivity index (χ4n) is 0.860. The highest BCUT2D eigenvalue weighted by atomic mass is 79.9. The van der Waals surface area contributed by atoms with E-state index in [0.29, 0.717) is 4.90 Å². The SMILES string of the molecule is CS(C)(S)c1cc(Br)ccc1F.